The van der Waals surface area contributed by atoms with Crippen LogP contribution in [0.1, 0.15) is 73.6 Å². The molecule has 0 radical (unpaired) electrons. The van der Waals surface area contributed by atoms with Gasteiger partial charge in [0, 0.05) is 38.2 Å². The minimum absolute atomic E-state index is 0.0407. The molecule has 0 bridgehead atoms. The van der Waals surface area contributed by atoms with Crippen LogP contribution in [0.5, 0.6) is 0 Å². The van der Waals surface area contributed by atoms with Crippen LogP contribution in [0.25, 0.3) is 0 Å². The highest BCUT2D eigenvalue weighted by Crippen LogP contribution is 2.32. The molecule has 2 aliphatic rings. The molecule has 2 unspecified atom stereocenters. The fourth-order valence-corrected chi connectivity index (χ4v) is 4.48. The number of aryl methyl sites for hydroxylation is 1. The Labute approximate surface area is 181 Å². The van der Waals surface area contributed by atoms with Gasteiger partial charge in [-0.15, -0.1) is 0 Å². The number of amides is 2. The maximum absolute atomic E-state index is 12.9. The van der Waals surface area contributed by atoms with Gasteiger partial charge in [-0.2, -0.15) is 5.10 Å². The van der Waals surface area contributed by atoms with E-state index in [2.05, 4.69) is 10.1 Å². The summed E-state index contributed by atoms with van der Waals surface area (Å²) in [5.41, 5.74) is 1.57. The second-order valence-corrected chi connectivity index (χ2v) is 8.38. The van der Waals surface area contributed by atoms with Crippen LogP contribution in [0.2, 0.25) is 0 Å². The number of carbonyl (C=O) groups is 2. The second-order valence-electron chi connectivity index (χ2n) is 8.38. The first-order valence-electron chi connectivity index (χ1n) is 11.2. The van der Waals surface area contributed by atoms with E-state index in [0.717, 1.165) is 25.0 Å². The lowest BCUT2D eigenvalue weighted by Gasteiger charge is -2.30. The number of rotatable bonds is 5. The number of aromatic nitrogens is 4. The van der Waals surface area contributed by atoms with Gasteiger partial charge in [0.1, 0.15) is 11.5 Å². The van der Waals surface area contributed by atoms with Gasteiger partial charge in [0.15, 0.2) is 0 Å². The fraction of sp³-hybridized carbons (Fsp3) is 0.591. The number of nitrogens with one attached hydrogen (secondary N) is 1. The Kier molecular flexibility index (Phi) is 5.93. The Hall–Kier alpha value is -2.97. The van der Waals surface area contributed by atoms with Crippen molar-refractivity contribution in [2.24, 2.45) is 5.92 Å². The largest absolute Gasteiger partial charge is 0.332 e. The minimum Gasteiger partial charge on any atom is -0.332 e. The maximum atomic E-state index is 12.9. The Morgan fingerprint density at radius 3 is 2.84 bits per heavy atom. The number of carbonyl (C=O) groups excluding carboxylic acids is 2. The quantitative estimate of drug-likeness (QED) is 0.786. The Morgan fingerprint density at radius 1 is 1.29 bits per heavy atom. The van der Waals surface area contributed by atoms with E-state index < -0.39 is 0 Å². The molecule has 4 rings (SSSR count). The van der Waals surface area contributed by atoms with Crippen molar-refractivity contribution in [3.05, 3.63) is 45.4 Å². The van der Waals surface area contributed by atoms with E-state index in [1.807, 2.05) is 25.7 Å². The lowest BCUT2D eigenvalue weighted by Crippen LogP contribution is -2.41. The van der Waals surface area contributed by atoms with E-state index in [1.165, 1.54) is 0 Å². The molecular formula is C22H30N6O3. The van der Waals surface area contributed by atoms with Crippen LogP contribution in [0, 0.1) is 5.92 Å². The number of aromatic amines is 1. The smallest absolute Gasteiger partial charge is 0.272 e. The summed E-state index contributed by atoms with van der Waals surface area (Å²) in [7, 11) is 0. The zero-order chi connectivity index (χ0) is 22.1. The van der Waals surface area contributed by atoms with Crippen molar-refractivity contribution < 1.29 is 9.59 Å². The first-order valence-corrected chi connectivity index (χ1v) is 11.2. The monoisotopic (exact) mass is 426 g/mol. The van der Waals surface area contributed by atoms with Crippen LogP contribution < -0.4 is 5.56 Å². The Morgan fingerprint density at radius 2 is 2.10 bits per heavy atom. The first kappa shape index (κ1) is 21.3. The minimum atomic E-state index is -0.218. The molecule has 0 aromatic carbocycles. The standard InChI is InChI=1S/C22H30N6O3/c1-4-14(3)21(30)27-11-6-7-17(27)19-24-16-9-12-26(13-15(16)20(29)25-19)22(31)18-8-10-23-28(18)5-2/h8,10,14,17H,4-7,9,11-13H2,1-3H3,(H,24,25,29). The molecule has 31 heavy (non-hydrogen) atoms. The number of nitrogens with zero attached hydrogens (tertiary/aromatic N) is 5. The molecule has 1 fully saturated rings. The van der Waals surface area contributed by atoms with E-state index in [1.54, 1.807) is 21.8 Å². The molecule has 0 aliphatic carbocycles. The summed E-state index contributed by atoms with van der Waals surface area (Å²) in [5, 5.41) is 4.16. The van der Waals surface area contributed by atoms with Crippen molar-refractivity contribution in [2.45, 2.75) is 65.6 Å². The highest BCUT2D eigenvalue weighted by Gasteiger charge is 2.35. The average Bonchev–Trinajstić information content (AvgIpc) is 3.46. The summed E-state index contributed by atoms with van der Waals surface area (Å²) in [4.78, 5) is 49.9. The number of H-pyrrole nitrogens is 1. The van der Waals surface area contributed by atoms with Crippen molar-refractivity contribution in [3.8, 4) is 0 Å². The number of hydrogen-bond acceptors (Lipinski definition) is 5. The molecule has 166 valence electrons. The lowest BCUT2D eigenvalue weighted by molar-refractivity contribution is -0.136. The Balaban J connectivity index is 1.57. The molecule has 0 saturated carbocycles. The van der Waals surface area contributed by atoms with Gasteiger partial charge in [0.25, 0.3) is 11.5 Å². The van der Waals surface area contributed by atoms with Crippen molar-refractivity contribution in [1.82, 2.24) is 29.5 Å². The predicted octanol–water partition coefficient (Wildman–Crippen LogP) is 1.89. The van der Waals surface area contributed by atoms with Crippen LogP contribution in [0.15, 0.2) is 17.1 Å². The van der Waals surface area contributed by atoms with Gasteiger partial charge in [0.05, 0.1) is 23.8 Å². The molecule has 2 atom stereocenters. The maximum Gasteiger partial charge on any atom is 0.272 e. The lowest BCUT2D eigenvalue weighted by atomic mass is 10.0. The average molecular weight is 427 g/mol. The molecular weight excluding hydrogens is 396 g/mol. The molecule has 2 aromatic heterocycles. The predicted molar refractivity (Wildman–Crippen MR) is 114 cm³/mol. The fourth-order valence-electron chi connectivity index (χ4n) is 4.48. The summed E-state index contributed by atoms with van der Waals surface area (Å²) < 4.78 is 1.66. The summed E-state index contributed by atoms with van der Waals surface area (Å²) in [6.07, 6.45) is 4.63. The van der Waals surface area contributed by atoms with Gasteiger partial charge in [0.2, 0.25) is 5.91 Å². The third kappa shape index (κ3) is 3.88. The van der Waals surface area contributed by atoms with Gasteiger partial charge in [-0.3, -0.25) is 19.1 Å². The van der Waals surface area contributed by atoms with Crippen molar-refractivity contribution >= 4 is 11.8 Å². The van der Waals surface area contributed by atoms with Gasteiger partial charge < -0.3 is 14.8 Å². The molecule has 2 aliphatic heterocycles. The molecule has 2 amide bonds. The topological polar surface area (TPSA) is 104 Å². The van der Waals surface area contributed by atoms with Crippen LogP contribution in [-0.2, 0) is 24.3 Å². The summed E-state index contributed by atoms with van der Waals surface area (Å²) in [5.74, 6) is 0.520. The van der Waals surface area contributed by atoms with Crippen LogP contribution in [0.3, 0.4) is 0 Å². The van der Waals surface area contributed by atoms with Gasteiger partial charge >= 0.3 is 0 Å². The second kappa shape index (κ2) is 8.64. The normalized spacial score (nSPS) is 19.4. The van der Waals surface area contributed by atoms with Crippen LogP contribution in [-0.4, -0.2) is 54.5 Å². The Bertz CT molecular complexity index is 1040. The zero-order valence-corrected chi connectivity index (χ0v) is 18.4. The first-order chi connectivity index (χ1) is 14.9. The number of likely N-dealkylation sites (tertiary alicyclic amines) is 1. The third-order valence-corrected chi connectivity index (χ3v) is 6.49. The summed E-state index contributed by atoms with van der Waals surface area (Å²) in [6.45, 7) is 7.91. The van der Waals surface area contributed by atoms with E-state index >= 15 is 0 Å². The molecule has 1 saturated heterocycles. The van der Waals surface area contributed by atoms with E-state index in [9.17, 15) is 14.4 Å². The van der Waals surface area contributed by atoms with E-state index in [4.69, 9.17) is 4.98 Å². The number of fused-ring (bicyclic) bond motifs is 1. The number of hydrogen-bond donors (Lipinski definition) is 1. The summed E-state index contributed by atoms with van der Waals surface area (Å²) >= 11 is 0. The molecule has 9 nitrogen and oxygen atoms in total. The third-order valence-electron chi connectivity index (χ3n) is 6.49. The molecule has 2 aromatic rings. The molecule has 1 N–H and O–H groups in total. The van der Waals surface area contributed by atoms with Crippen molar-refractivity contribution in [3.63, 3.8) is 0 Å². The van der Waals surface area contributed by atoms with Crippen molar-refractivity contribution in [1.29, 1.82) is 0 Å². The van der Waals surface area contributed by atoms with E-state index in [0.29, 0.717) is 43.1 Å². The zero-order valence-electron chi connectivity index (χ0n) is 18.4. The van der Waals surface area contributed by atoms with Gasteiger partial charge in [-0.05, 0) is 32.3 Å². The summed E-state index contributed by atoms with van der Waals surface area (Å²) in [6, 6.07) is 1.52. The molecule has 0 spiro atoms. The van der Waals surface area contributed by atoms with Crippen molar-refractivity contribution in [2.75, 3.05) is 13.1 Å². The molecule has 4 heterocycles. The van der Waals surface area contributed by atoms with Crippen LogP contribution in [0.4, 0.5) is 0 Å². The SMILES string of the molecule is CCC(C)C(=O)N1CCCC1c1nc2c(c(=O)[nH]1)CN(C(=O)c1ccnn1CC)CC2. The van der Waals surface area contributed by atoms with Gasteiger partial charge in [-0.1, -0.05) is 13.8 Å². The highest BCUT2D eigenvalue weighted by atomic mass is 16.2. The molecule has 9 heteroatoms. The van der Waals surface area contributed by atoms with E-state index in [-0.39, 0.29) is 35.9 Å². The highest BCUT2D eigenvalue weighted by molar-refractivity contribution is 5.92. The van der Waals surface area contributed by atoms with Gasteiger partial charge in [-0.25, -0.2) is 4.98 Å². The van der Waals surface area contributed by atoms with Crippen LogP contribution >= 0.6 is 0 Å².